The Balaban J connectivity index is 2.92. The molecule has 0 saturated carbocycles. The molecule has 0 atom stereocenters. The lowest BCUT2D eigenvalue weighted by atomic mass is 10.4. The monoisotopic (exact) mass is 173 g/mol. The third-order valence-electron chi connectivity index (χ3n) is 1.83. The molecule has 2 aromatic rings. The standard InChI is InChI=1S/C8H7N5/c1-5-7-3-2-6(4-9)13(7)12-8(10)11-5/h2-3H,1H3,(H2,10,12). The van der Waals surface area contributed by atoms with Crippen LogP contribution in [0, 0.1) is 18.3 Å². The van der Waals surface area contributed by atoms with E-state index in [2.05, 4.69) is 10.1 Å². The molecule has 0 bridgehead atoms. The highest BCUT2D eigenvalue weighted by Crippen LogP contribution is 2.11. The number of rotatable bonds is 0. The van der Waals surface area contributed by atoms with Crippen molar-refractivity contribution in [2.24, 2.45) is 0 Å². The molecule has 0 fully saturated rings. The number of fused-ring (bicyclic) bond motifs is 1. The Morgan fingerprint density at radius 2 is 2.31 bits per heavy atom. The van der Waals surface area contributed by atoms with Gasteiger partial charge in [-0.3, -0.25) is 0 Å². The van der Waals surface area contributed by atoms with E-state index in [4.69, 9.17) is 11.0 Å². The van der Waals surface area contributed by atoms with Crippen molar-refractivity contribution in [3.63, 3.8) is 0 Å². The molecule has 0 saturated heterocycles. The van der Waals surface area contributed by atoms with Crippen molar-refractivity contribution in [2.45, 2.75) is 6.92 Å². The summed E-state index contributed by atoms with van der Waals surface area (Å²) in [5, 5.41) is 12.7. The first kappa shape index (κ1) is 7.55. The molecule has 0 aromatic carbocycles. The minimum atomic E-state index is 0.178. The van der Waals surface area contributed by atoms with Gasteiger partial charge in [0.1, 0.15) is 11.8 Å². The van der Waals surface area contributed by atoms with Crippen molar-refractivity contribution in [2.75, 3.05) is 5.73 Å². The molecule has 2 N–H and O–H groups in total. The van der Waals surface area contributed by atoms with Gasteiger partial charge in [-0.1, -0.05) is 0 Å². The van der Waals surface area contributed by atoms with Crippen molar-refractivity contribution in [1.82, 2.24) is 14.6 Å². The van der Waals surface area contributed by atoms with Gasteiger partial charge in [-0.25, -0.2) is 9.50 Å². The first-order chi connectivity index (χ1) is 6.22. The second kappa shape index (κ2) is 2.45. The lowest BCUT2D eigenvalue weighted by Crippen LogP contribution is -2.04. The molecule has 2 aromatic heterocycles. The van der Waals surface area contributed by atoms with Crippen LogP contribution in [0.15, 0.2) is 12.1 Å². The summed E-state index contributed by atoms with van der Waals surface area (Å²) in [5.41, 5.74) is 7.50. The predicted molar refractivity (Wildman–Crippen MR) is 46.9 cm³/mol. The van der Waals surface area contributed by atoms with E-state index in [0.717, 1.165) is 11.2 Å². The van der Waals surface area contributed by atoms with E-state index in [1.165, 1.54) is 4.52 Å². The molecule has 0 aliphatic carbocycles. The van der Waals surface area contributed by atoms with E-state index in [-0.39, 0.29) is 5.95 Å². The van der Waals surface area contributed by atoms with Crippen LogP contribution < -0.4 is 5.73 Å². The molecule has 13 heavy (non-hydrogen) atoms. The van der Waals surface area contributed by atoms with E-state index >= 15 is 0 Å². The van der Waals surface area contributed by atoms with Gasteiger partial charge in [0.05, 0.1) is 11.2 Å². The van der Waals surface area contributed by atoms with Crippen LogP contribution in [-0.4, -0.2) is 14.6 Å². The summed E-state index contributed by atoms with van der Waals surface area (Å²) in [4.78, 5) is 3.99. The van der Waals surface area contributed by atoms with Gasteiger partial charge in [0.25, 0.3) is 0 Å². The molecule has 0 radical (unpaired) electrons. The van der Waals surface area contributed by atoms with Crippen LogP contribution >= 0.6 is 0 Å². The zero-order valence-electron chi connectivity index (χ0n) is 7.02. The number of anilines is 1. The van der Waals surface area contributed by atoms with Crippen molar-refractivity contribution in [1.29, 1.82) is 5.26 Å². The summed E-state index contributed by atoms with van der Waals surface area (Å²) in [5.74, 6) is 0.178. The summed E-state index contributed by atoms with van der Waals surface area (Å²) in [6.45, 7) is 1.83. The topological polar surface area (TPSA) is 80.0 Å². The van der Waals surface area contributed by atoms with Gasteiger partial charge < -0.3 is 5.73 Å². The van der Waals surface area contributed by atoms with Crippen LogP contribution in [-0.2, 0) is 0 Å². The minimum absolute atomic E-state index is 0.178. The average Bonchev–Trinajstić information content (AvgIpc) is 2.47. The summed E-state index contributed by atoms with van der Waals surface area (Å²) in [6.07, 6.45) is 0. The van der Waals surface area contributed by atoms with Crippen LogP contribution in [0.25, 0.3) is 5.52 Å². The third-order valence-corrected chi connectivity index (χ3v) is 1.83. The van der Waals surface area contributed by atoms with E-state index in [0.29, 0.717) is 5.69 Å². The van der Waals surface area contributed by atoms with Crippen LogP contribution in [0.1, 0.15) is 11.4 Å². The quantitative estimate of drug-likeness (QED) is 0.628. The number of nitrogens with zero attached hydrogens (tertiary/aromatic N) is 4. The Bertz CT molecular complexity index is 505. The molecule has 64 valence electrons. The highest BCUT2D eigenvalue weighted by Gasteiger charge is 2.05. The molecule has 2 rings (SSSR count). The van der Waals surface area contributed by atoms with E-state index in [1.54, 1.807) is 12.1 Å². The van der Waals surface area contributed by atoms with Gasteiger partial charge in [-0.15, -0.1) is 5.10 Å². The van der Waals surface area contributed by atoms with Gasteiger partial charge in [0, 0.05) is 0 Å². The summed E-state index contributed by atoms with van der Waals surface area (Å²) in [6, 6.07) is 5.51. The maximum Gasteiger partial charge on any atom is 0.238 e. The summed E-state index contributed by atoms with van der Waals surface area (Å²) in [7, 11) is 0. The number of hydrogen-bond acceptors (Lipinski definition) is 4. The fourth-order valence-electron chi connectivity index (χ4n) is 1.25. The maximum atomic E-state index is 8.73. The first-order valence-electron chi connectivity index (χ1n) is 3.74. The fourth-order valence-corrected chi connectivity index (χ4v) is 1.25. The van der Waals surface area contributed by atoms with Crippen molar-refractivity contribution >= 4 is 11.5 Å². The Morgan fingerprint density at radius 1 is 1.54 bits per heavy atom. The lowest BCUT2D eigenvalue weighted by Gasteiger charge is -1.99. The van der Waals surface area contributed by atoms with E-state index in [1.807, 2.05) is 13.0 Å². The Morgan fingerprint density at radius 3 is 3.00 bits per heavy atom. The van der Waals surface area contributed by atoms with Crippen molar-refractivity contribution in [3.8, 4) is 6.07 Å². The Hall–Kier alpha value is -2.09. The lowest BCUT2D eigenvalue weighted by molar-refractivity contribution is 0.889. The molecule has 0 spiro atoms. The summed E-state index contributed by atoms with van der Waals surface area (Å²) >= 11 is 0. The molecule has 0 aliphatic rings. The second-order valence-corrected chi connectivity index (χ2v) is 2.68. The summed E-state index contributed by atoms with van der Waals surface area (Å²) < 4.78 is 1.50. The molecule has 5 heteroatoms. The SMILES string of the molecule is Cc1nc(N)nn2c(C#N)ccc12. The third kappa shape index (κ3) is 0.999. The predicted octanol–water partition coefficient (Wildman–Crippen LogP) is 0.492. The number of aryl methyl sites for hydroxylation is 1. The highest BCUT2D eigenvalue weighted by atomic mass is 15.3. The highest BCUT2D eigenvalue weighted by molar-refractivity contribution is 5.55. The van der Waals surface area contributed by atoms with Crippen LogP contribution in [0.2, 0.25) is 0 Å². The van der Waals surface area contributed by atoms with Crippen LogP contribution in [0.3, 0.4) is 0 Å². The van der Waals surface area contributed by atoms with Gasteiger partial charge in [-0.05, 0) is 19.1 Å². The second-order valence-electron chi connectivity index (χ2n) is 2.68. The smallest absolute Gasteiger partial charge is 0.238 e. The van der Waals surface area contributed by atoms with E-state index in [9.17, 15) is 0 Å². The van der Waals surface area contributed by atoms with Crippen molar-refractivity contribution in [3.05, 3.63) is 23.5 Å². The maximum absolute atomic E-state index is 8.73. The zero-order valence-corrected chi connectivity index (χ0v) is 7.02. The molecular formula is C8H7N5. The number of nitrogens with two attached hydrogens (primary N) is 1. The Labute approximate surface area is 74.4 Å². The van der Waals surface area contributed by atoms with Gasteiger partial charge in [0.15, 0.2) is 0 Å². The first-order valence-corrected chi connectivity index (χ1v) is 3.74. The molecule has 0 amide bonds. The number of hydrogen-bond donors (Lipinski definition) is 1. The average molecular weight is 173 g/mol. The van der Waals surface area contributed by atoms with Crippen LogP contribution in [0.5, 0.6) is 0 Å². The molecule has 2 heterocycles. The number of nitriles is 1. The Kier molecular flexibility index (Phi) is 1.43. The largest absolute Gasteiger partial charge is 0.367 e. The van der Waals surface area contributed by atoms with Gasteiger partial charge >= 0.3 is 0 Å². The zero-order chi connectivity index (χ0) is 9.42. The number of nitrogen functional groups attached to an aromatic ring is 1. The molecular weight excluding hydrogens is 166 g/mol. The van der Waals surface area contributed by atoms with Crippen LogP contribution in [0.4, 0.5) is 5.95 Å². The van der Waals surface area contributed by atoms with Gasteiger partial charge in [-0.2, -0.15) is 5.26 Å². The molecule has 0 unspecified atom stereocenters. The fraction of sp³-hybridized carbons (Fsp3) is 0.125. The normalized spacial score (nSPS) is 10.2. The molecule has 0 aliphatic heterocycles. The minimum Gasteiger partial charge on any atom is -0.367 e. The number of aromatic nitrogens is 3. The molecule has 5 nitrogen and oxygen atoms in total. The van der Waals surface area contributed by atoms with Crippen molar-refractivity contribution < 1.29 is 0 Å². The van der Waals surface area contributed by atoms with Gasteiger partial charge in [0.2, 0.25) is 5.95 Å². The van der Waals surface area contributed by atoms with E-state index < -0.39 is 0 Å².